The number of hydrogen-bond donors (Lipinski definition) is 1. The quantitative estimate of drug-likeness (QED) is 0.233. The summed E-state index contributed by atoms with van der Waals surface area (Å²) in [5.74, 6) is 0. The maximum Gasteiger partial charge on any atom is 0.264 e. The molecule has 0 radical (unpaired) electrons. The van der Waals surface area contributed by atoms with Gasteiger partial charge < -0.3 is 4.98 Å². The third-order valence-electron chi connectivity index (χ3n) is 6.19. The van der Waals surface area contributed by atoms with Crippen LogP contribution in [0.15, 0.2) is 57.9 Å². The Labute approximate surface area is 213 Å². The molecule has 3 rings (SSSR count). The lowest BCUT2D eigenvalue weighted by atomic mass is 10.0. The maximum absolute atomic E-state index is 14.0. The Kier molecular flexibility index (Phi) is 9.43. The number of rotatable bonds is 12. The molecule has 0 saturated carbocycles. The summed E-state index contributed by atoms with van der Waals surface area (Å²) in [6, 6.07) is 13.3. The van der Waals surface area contributed by atoms with E-state index < -0.39 is 10.0 Å². The van der Waals surface area contributed by atoms with Crippen LogP contribution in [0.4, 0.5) is 0 Å². The molecular weight excluding hydrogens is 508 g/mol. The van der Waals surface area contributed by atoms with E-state index in [0.717, 1.165) is 70.0 Å². The summed E-state index contributed by atoms with van der Waals surface area (Å²) in [6.45, 7) is 8.76. The highest BCUT2D eigenvalue weighted by Crippen LogP contribution is 2.36. The van der Waals surface area contributed by atoms with Crippen molar-refractivity contribution >= 4 is 42.6 Å². The number of hydrogen-bond acceptors (Lipinski definition) is 2. The Bertz CT molecular complexity index is 1230. The summed E-state index contributed by atoms with van der Waals surface area (Å²) in [5.41, 5.74) is 4.79. The molecule has 0 unspecified atom stereocenters. The molecule has 0 fully saturated rings. The second kappa shape index (κ2) is 12.1. The second-order valence-electron chi connectivity index (χ2n) is 9.00. The van der Waals surface area contributed by atoms with Crippen molar-refractivity contribution in [3.05, 3.63) is 69.8 Å². The van der Waals surface area contributed by atoms with Gasteiger partial charge >= 0.3 is 0 Å². The van der Waals surface area contributed by atoms with Crippen LogP contribution in [0.2, 0.25) is 0 Å². The van der Waals surface area contributed by atoms with Gasteiger partial charge in [-0.05, 0) is 57.4 Å². The van der Waals surface area contributed by atoms with Gasteiger partial charge in [-0.2, -0.15) is 0 Å². The van der Waals surface area contributed by atoms with E-state index in [1.807, 2.05) is 32.0 Å². The van der Waals surface area contributed by atoms with E-state index >= 15 is 0 Å². The van der Waals surface area contributed by atoms with Crippen LogP contribution in [0, 0.1) is 13.8 Å². The molecule has 0 amide bonds. The molecule has 34 heavy (non-hydrogen) atoms. The molecule has 0 spiro atoms. The first-order valence-electron chi connectivity index (χ1n) is 12.4. The minimum atomic E-state index is -3.71. The lowest BCUT2D eigenvalue weighted by Crippen LogP contribution is -2.31. The van der Waals surface area contributed by atoms with Crippen LogP contribution >= 0.6 is 15.9 Å². The maximum atomic E-state index is 14.0. The number of aryl methyl sites for hydroxylation is 2. The first-order valence-corrected chi connectivity index (χ1v) is 14.6. The summed E-state index contributed by atoms with van der Waals surface area (Å²) in [6.07, 6.45) is 9.30. The SMILES string of the molecule is CCCCCC/C=C(/c1c(C)[nH]c2cc(Br)ccc12)N(CCCC)S(=O)(=O)c1ccc(C)cc1. The van der Waals surface area contributed by atoms with Gasteiger partial charge in [0.25, 0.3) is 10.0 Å². The molecule has 0 aliphatic carbocycles. The molecule has 0 atom stereocenters. The fourth-order valence-corrected chi connectivity index (χ4v) is 6.17. The average Bonchev–Trinajstić information content (AvgIpc) is 3.12. The van der Waals surface area contributed by atoms with Crippen molar-refractivity contribution in [1.29, 1.82) is 0 Å². The number of H-pyrrole nitrogens is 1. The summed E-state index contributed by atoms with van der Waals surface area (Å²) in [4.78, 5) is 3.82. The van der Waals surface area contributed by atoms with Gasteiger partial charge in [0.15, 0.2) is 0 Å². The number of nitrogens with zero attached hydrogens (tertiary/aromatic N) is 1. The average molecular weight is 546 g/mol. The van der Waals surface area contributed by atoms with Crippen LogP contribution in [0.25, 0.3) is 16.6 Å². The van der Waals surface area contributed by atoms with Crippen molar-refractivity contribution in [1.82, 2.24) is 9.29 Å². The molecule has 0 aliphatic rings. The van der Waals surface area contributed by atoms with Crippen molar-refractivity contribution in [2.24, 2.45) is 0 Å². The Morgan fingerprint density at radius 1 is 0.971 bits per heavy atom. The number of halogens is 1. The molecule has 1 aromatic heterocycles. The van der Waals surface area contributed by atoms with E-state index in [1.165, 1.54) is 12.8 Å². The molecule has 0 bridgehead atoms. The minimum absolute atomic E-state index is 0.339. The highest BCUT2D eigenvalue weighted by atomic mass is 79.9. The number of nitrogens with one attached hydrogen (secondary N) is 1. The number of allylic oxidation sites excluding steroid dienone is 1. The predicted molar refractivity (Wildman–Crippen MR) is 147 cm³/mol. The zero-order chi connectivity index (χ0) is 24.7. The number of sulfonamides is 1. The topological polar surface area (TPSA) is 53.2 Å². The first-order chi connectivity index (χ1) is 16.3. The van der Waals surface area contributed by atoms with Gasteiger partial charge in [0.2, 0.25) is 0 Å². The Hall–Kier alpha value is -2.05. The van der Waals surface area contributed by atoms with Crippen LogP contribution in [0.3, 0.4) is 0 Å². The van der Waals surface area contributed by atoms with Crippen molar-refractivity contribution in [2.75, 3.05) is 6.54 Å². The van der Waals surface area contributed by atoms with E-state index in [-0.39, 0.29) is 0 Å². The first kappa shape index (κ1) is 26.6. The molecule has 3 aromatic rings. The fourth-order valence-electron chi connectivity index (χ4n) is 4.28. The van der Waals surface area contributed by atoms with Gasteiger partial charge in [-0.15, -0.1) is 0 Å². The number of benzene rings is 2. The highest BCUT2D eigenvalue weighted by Gasteiger charge is 2.29. The lowest BCUT2D eigenvalue weighted by molar-refractivity contribution is 0.497. The van der Waals surface area contributed by atoms with Crippen molar-refractivity contribution in [3.8, 4) is 0 Å². The normalized spacial score (nSPS) is 12.4. The Balaban J connectivity index is 2.16. The third-order valence-corrected chi connectivity index (χ3v) is 8.51. The van der Waals surface area contributed by atoms with Crippen LogP contribution in [-0.4, -0.2) is 24.3 Å². The smallest absolute Gasteiger partial charge is 0.264 e. The summed E-state index contributed by atoms with van der Waals surface area (Å²) in [5, 5.41) is 1.04. The number of fused-ring (bicyclic) bond motifs is 1. The highest BCUT2D eigenvalue weighted by molar-refractivity contribution is 9.10. The van der Waals surface area contributed by atoms with E-state index in [1.54, 1.807) is 16.4 Å². The molecule has 0 aliphatic heterocycles. The predicted octanol–water partition coefficient (Wildman–Crippen LogP) is 8.35. The Morgan fingerprint density at radius 2 is 1.68 bits per heavy atom. The van der Waals surface area contributed by atoms with Crippen LogP contribution in [0.5, 0.6) is 0 Å². The van der Waals surface area contributed by atoms with Gasteiger partial charge in [-0.1, -0.05) is 85.3 Å². The molecule has 6 heteroatoms. The third kappa shape index (κ3) is 6.14. The number of aromatic amines is 1. The minimum Gasteiger partial charge on any atom is -0.358 e. The lowest BCUT2D eigenvalue weighted by Gasteiger charge is -2.28. The molecule has 184 valence electrons. The largest absolute Gasteiger partial charge is 0.358 e. The van der Waals surface area contributed by atoms with E-state index in [4.69, 9.17) is 0 Å². The van der Waals surface area contributed by atoms with Crippen molar-refractivity contribution in [2.45, 2.75) is 77.5 Å². The van der Waals surface area contributed by atoms with Crippen LogP contribution < -0.4 is 0 Å². The van der Waals surface area contributed by atoms with E-state index in [2.05, 4.69) is 53.0 Å². The summed E-state index contributed by atoms with van der Waals surface area (Å²) in [7, 11) is -3.71. The van der Waals surface area contributed by atoms with E-state index in [0.29, 0.717) is 11.4 Å². The van der Waals surface area contributed by atoms with Gasteiger partial charge in [0.1, 0.15) is 0 Å². The number of aromatic nitrogens is 1. The number of unbranched alkanes of at least 4 members (excludes halogenated alkanes) is 5. The molecule has 4 nitrogen and oxygen atoms in total. The molecular formula is C28H37BrN2O2S. The van der Waals surface area contributed by atoms with Crippen LogP contribution in [-0.2, 0) is 10.0 Å². The van der Waals surface area contributed by atoms with Gasteiger partial charge in [0, 0.05) is 33.2 Å². The van der Waals surface area contributed by atoms with E-state index in [9.17, 15) is 8.42 Å². The fraction of sp³-hybridized carbons (Fsp3) is 0.429. The Morgan fingerprint density at radius 3 is 2.35 bits per heavy atom. The summed E-state index contributed by atoms with van der Waals surface area (Å²) < 4.78 is 30.6. The van der Waals surface area contributed by atoms with Crippen LogP contribution in [0.1, 0.15) is 75.6 Å². The van der Waals surface area contributed by atoms with Crippen molar-refractivity contribution in [3.63, 3.8) is 0 Å². The molecule has 0 saturated heterocycles. The standard InChI is InChI=1S/C28H37BrN2O2S/c1-5-7-9-10-11-12-27(28-22(4)30-26-20-23(29)15-18-25(26)28)31(19-8-6-2)34(32,33)24-16-13-21(3)14-17-24/h12-18,20,30H,5-11,19H2,1-4H3/b27-12-. The molecule has 1 heterocycles. The van der Waals surface area contributed by atoms with Crippen molar-refractivity contribution < 1.29 is 8.42 Å². The molecule has 2 aromatic carbocycles. The second-order valence-corrected chi connectivity index (χ2v) is 11.8. The van der Waals surface area contributed by atoms with Gasteiger partial charge in [-0.3, -0.25) is 4.31 Å². The van der Waals surface area contributed by atoms with Gasteiger partial charge in [-0.25, -0.2) is 8.42 Å². The monoisotopic (exact) mass is 544 g/mol. The van der Waals surface area contributed by atoms with Gasteiger partial charge in [0.05, 0.1) is 10.6 Å². The zero-order valence-corrected chi connectivity index (χ0v) is 23.2. The molecule has 1 N–H and O–H groups in total. The summed E-state index contributed by atoms with van der Waals surface area (Å²) >= 11 is 3.56. The zero-order valence-electron chi connectivity index (χ0n) is 20.8.